The Morgan fingerprint density at radius 1 is 1.38 bits per heavy atom. The number of carbonyl (C=O) groups is 1. The van der Waals surface area contributed by atoms with Gasteiger partial charge in [-0.15, -0.1) is 0 Å². The Labute approximate surface area is 122 Å². The van der Waals surface area contributed by atoms with Crippen LogP contribution in [0.4, 0.5) is 5.69 Å². The maximum absolute atomic E-state index is 12.2. The third-order valence-electron chi connectivity index (χ3n) is 3.75. The Bertz CT molecular complexity index is 626. The molecule has 0 bridgehead atoms. The second-order valence-electron chi connectivity index (χ2n) is 5.50. The summed E-state index contributed by atoms with van der Waals surface area (Å²) in [5.41, 5.74) is 4.53. The van der Waals surface area contributed by atoms with Gasteiger partial charge in [0.25, 0.3) is 5.56 Å². The molecule has 0 unspecified atom stereocenters. The molecule has 0 atom stereocenters. The molecule has 0 spiro atoms. The molecular weight excluding hydrogens is 272 g/mol. The van der Waals surface area contributed by atoms with Crippen LogP contribution < -0.4 is 22.3 Å². The predicted octanol–water partition coefficient (Wildman–Crippen LogP) is 0.0610. The third-order valence-corrected chi connectivity index (χ3v) is 3.75. The summed E-state index contributed by atoms with van der Waals surface area (Å²) < 4.78 is 2.29. The van der Waals surface area contributed by atoms with Crippen LogP contribution in [0.1, 0.15) is 39.0 Å². The number of carbonyl (C=O) groups excluding carboxylic acids is 1. The van der Waals surface area contributed by atoms with Crippen molar-refractivity contribution < 1.29 is 4.79 Å². The molecule has 3 N–H and O–H groups in total. The fourth-order valence-corrected chi connectivity index (χ4v) is 2.70. The Kier molecular flexibility index (Phi) is 4.82. The van der Waals surface area contributed by atoms with Gasteiger partial charge in [0, 0.05) is 18.8 Å². The van der Waals surface area contributed by atoms with Gasteiger partial charge in [-0.1, -0.05) is 19.8 Å². The van der Waals surface area contributed by atoms with E-state index in [4.69, 9.17) is 5.73 Å². The normalized spacial score (nSPS) is 15.3. The number of amides is 1. The summed E-state index contributed by atoms with van der Waals surface area (Å²) in [4.78, 5) is 36.2. The van der Waals surface area contributed by atoms with Crippen molar-refractivity contribution in [3.05, 3.63) is 27.0 Å². The van der Waals surface area contributed by atoms with Crippen LogP contribution >= 0.6 is 0 Å². The van der Waals surface area contributed by atoms with Gasteiger partial charge in [0.1, 0.15) is 12.2 Å². The van der Waals surface area contributed by atoms with Crippen molar-refractivity contribution in [1.29, 1.82) is 0 Å². The van der Waals surface area contributed by atoms with E-state index in [1.54, 1.807) is 0 Å². The fourth-order valence-electron chi connectivity index (χ4n) is 2.70. The number of rotatable bonds is 5. The van der Waals surface area contributed by atoms with E-state index in [0.717, 1.165) is 36.7 Å². The summed E-state index contributed by atoms with van der Waals surface area (Å²) in [5, 5.41) is 2.87. The third kappa shape index (κ3) is 3.53. The highest BCUT2D eigenvalue weighted by Crippen LogP contribution is 2.17. The van der Waals surface area contributed by atoms with Crippen LogP contribution in [0.3, 0.4) is 0 Å². The van der Waals surface area contributed by atoms with Gasteiger partial charge in [-0.2, -0.15) is 0 Å². The van der Waals surface area contributed by atoms with Crippen molar-refractivity contribution in [2.75, 3.05) is 5.73 Å². The summed E-state index contributed by atoms with van der Waals surface area (Å²) in [6, 6.07) is 0.159. The summed E-state index contributed by atoms with van der Waals surface area (Å²) in [6.45, 7) is 2.11. The van der Waals surface area contributed by atoms with Crippen LogP contribution in [-0.4, -0.2) is 21.1 Å². The number of anilines is 1. The van der Waals surface area contributed by atoms with Gasteiger partial charge in [0.15, 0.2) is 0 Å². The molecule has 1 amide bonds. The van der Waals surface area contributed by atoms with E-state index in [1.165, 1.54) is 10.8 Å². The SMILES string of the molecule is CCCn1cc(N)c(=O)n(CC(=O)NC2CCCC2)c1=O. The largest absolute Gasteiger partial charge is 0.393 e. The molecule has 1 aliphatic carbocycles. The number of hydrogen-bond acceptors (Lipinski definition) is 4. The van der Waals surface area contributed by atoms with Gasteiger partial charge in [-0.3, -0.25) is 14.2 Å². The summed E-state index contributed by atoms with van der Waals surface area (Å²) in [6.07, 6.45) is 6.21. The lowest BCUT2D eigenvalue weighted by Crippen LogP contribution is -2.45. The summed E-state index contributed by atoms with van der Waals surface area (Å²) in [5.74, 6) is -0.310. The molecule has 0 aromatic carbocycles. The topological polar surface area (TPSA) is 99.1 Å². The minimum absolute atomic E-state index is 0.0169. The molecule has 0 aliphatic heterocycles. The second-order valence-corrected chi connectivity index (χ2v) is 5.50. The van der Waals surface area contributed by atoms with E-state index >= 15 is 0 Å². The number of aromatic nitrogens is 2. The van der Waals surface area contributed by atoms with Crippen molar-refractivity contribution in [3.8, 4) is 0 Å². The molecule has 7 heteroatoms. The van der Waals surface area contributed by atoms with Gasteiger partial charge < -0.3 is 11.1 Å². The smallest absolute Gasteiger partial charge is 0.331 e. The molecule has 1 aromatic heterocycles. The standard InChI is InChI=1S/C14H22N4O3/c1-2-7-17-8-11(15)13(20)18(14(17)21)9-12(19)16-10-5-3-4-6-10/h8,10H,2-7,9,15H2,1H3,(H,16,19). The number of hydrogen-bond donors (Lipinski definition) is 2. The lowest BCUT2D eigenvalue weighted by molar-refractivity contribution is -0.122. The predicted molar refractivity (Wildman–Crippen MR) is 80.1 cm³/mol. The van der Waals surface area contributed by atoms with Crippen LogP contribution in [0.5, 0.6) is 0 Å². The van der Waals surface area contributed by atoms with E-state index in [1.807, 2.05) is 6.92 Å². The lowest BCUT2D eigenvalue weighted by atomic mass is 10.2. The Balaban J connectivity index is 2.20. The first kappa shape index (κ1) is 15.3. The summed E-state index contributed by atoms with van der Waals surface area (Å²) >= 11 is 0. The molecule has 2 rings (SSSR count). The lowest BCUT2D eigenvalue weighted by Gasteiger charge is -2.14. The van der Waals surface area contributed by atoms with E-state index in [-0.39, 0.29) is 24.2 Å². The van der Waals surface area contributed by atoms with Crippen molar-refractivity contribution >= 4 is 11.6 Å². The molecule has 21 heavy (non-hydrogen) atoms. The van der Waals surface area contributed by atoms with Crippen LogP contribution in [0.2, 0.25) is 0 Å². The Morgan fingerprint density at radius 3 is 2.67 bits per heavy atom. The minimum Gasteiger partial charge on any atom is -0.393 e. The van der Waals surface area contributed by atoms with E-state index in [9.17, 15) is 14.4 Å². The fraction of sp³-hybridized carbons (Fsp3) is 0.643. The van der Waals surface area contributed by atoms with Crippen LogP contribution in [0.15, 0.2) is 15.8 Å². The molecule has 1 saturated carbocycles. The molecule has 1 heterocycles. The molecule has 7 nitrogen and oxygen atoms in total. The maximum Gasteiger partial charge on any atom is 0.331 e. The van der Waals surface area contributed by atoms with Crippen molar-refractivity contribution in [2.24, 2.45) is 0 Å². The molecule has 1 aliphatic rings. The molecule has 0 saturated heterocycles. The number of nitrogens with one attached hydrogen (secondary N) is 1. The zero-order valence-electron chi connectivity index (χ0n) is 12.3. The van der Waals surface area contributed by atoms with E-state index in [2.05, 4.69) is 5.32 Å². The number of nitrogens with two attached hydrogens (primary N) is 1. The minimum atomic E-state index is -0.603. The van der Waals surface area contributed by atoms with Gasteiger partial charge >= 0.3 is 5.69 Å². The van der Waals surface area contributed by atoms with E-state index < -0.39 is 11.2 Å². The Hall–Kier alpha value is -2.05. The van der Waals surface area contributed by atoms with Crippen molar-refractivity contribution in [2.45, 2.75) is 58.2 Å². The molecule has 1 aromatic rings. The van der Waals surface area contributed by atoms with Gasteiger partial charge in [0.2, 0.25) is 5.91 Å². The van der Waals surface area contributed by atoms with Crippen molar-refractivity contribution in [1.82, 2.24) is 14.5 Å². The molecule has 0 radical (unpaired) electrons. The van der Waals surface area contributed by atoms with Gasteiger partial charge in [-0.05, 0) is 19.3 Å². The number of nitrogens with zero attached hydrogens (tertiary/aromatic N) is 2. The highest BCUT2D eigenvalue weighted by Gasteiger charge is 2.19. The maximum atomic E-state index is 12.2. The zero-order valence-corrected chi connectivity index (χ0v) is 12.3. The monoisotopic (exact) mass is 294 g/mol. The first-order valence-corrected chi connectivity index (χ1v) is 7.42. The van der Waals surface area contributed by atoms with Crippen molar-refractivity contribution in [3.63, 3.8) is 0 Å². The van der Waals surface area contributed by atoms with Gasteiger partial charge in [-0.25, -0.2) is 9.36 Å². The molecule has 116 valence electrons. The van der Waals surface area contributed by atoms with Crippen LogP contribution in [0.25, 0.3) is 0 Å². The van der Waals surface area contributed by atoms with Gasteiger partial charge in [0.05, 0.1) is 0 Å². The van der Waals surface area contributed by atoms with Crippen LogP contribution in [-0.2, 0) is 17.9 Å². The molecular formula is C14H22N4O3. The zero-order chi connectivity index (χ0) is 15.4. The Morgan fingerprint density at radius 2 is 2.05 bits per heavy atom. The summed E-state index contributed by atoms with van der Waals surface area (Å²) in [7, 11) is 0. The average Bonchev–Trinajstić information content (AvgIpc) is 2.94. The second kappa shape index (κ2) is 6.60. The number of aryl methyl sites for hydroxylation is 1. The highest BCUT2D eigenvalue weighted by atomic mass is 16.2. The number of nitrogen functional groups attached to an aromatic ring is 1. The average molecular weight is 294 g/mol. The molecule has 1 fully saturated rings. The van der Waals surface area contributed by atoms with Crippen LogP contribution in [0, 0.1) is 0 Å². The highest BCUT2D eigenvalue weighted by molar-refractivity contribution is 5.76. The first-order chi connectivity index (χ1) is 10.0. The van der Waals surface area contributed by atoms with E-state index in [0.29, 0.717) is 6.54 Å². The quantitative estimate of drug-likeness (QED) is 0.802. The first-order valence-electron chi connectivity index (χ1n) is 7.42.